The standard InChI is InChI=1S/C28H29NO3/c29-24-13-7-12-23(18-24)19-25-26(30)20-28(32-27(25)31,16-14-21-8-3-1-4-9-21)17-15-22-10-5-2-6-11-22/h1-13,18,30H,14-17,19-20,29H2. The van der Waals surface area contributed by atoms with E-state index in [0.717, 1.165) is 18.4 Å². The van der Waals surface area contributed by atoms with E-state index in [1.165, 1.54) is 11.1 Å². The van der Waals surface area contributed by atoms with Gasteiger partial charge in [0.1, 0.15) is 11.4 Å². The number of carbonyl (C=O) groups excluding carboxylic acids is 1. The van der Waals surface area contributed by atoms with Crippen LogP contribution in [0.2, 0.25) is 0 Å². The summed E-state index contributed by atoms with van der Waals surface area (Å²) in [5, 5.41) is 10.9. The number of hydrogen-bond donors (Lipinski definition) is 2. The monoisotopic (exact) mass is 427 g/mol. The number of hydrogen-bond acceptors (Lipinski definition) is 4. The SMILES string of the molecule is Nc1cccc(CC2=C(O)CC(CCc3ccccc3)(CCc3ccccc3)OC2=O)c1. The molecule has 3 aromatic carbocycles. The van der Waals surface area contributed by atoms with Gasteiger partial charge in [-0.3, -0.25) is 0 Å². The number of aryl methyl sites for hydroxylation is 2. The third-order valence-electron chi connectivity index (χ3n) is 6.15. The van der Waals surface area contributed by atoms with Crippen LogP contribution in [0.1, 0.15) is 36.0 Å². The first-order chi connectivity index (χ1) is 15.5. The van der Waals surface area contributed by atoms with Gasteiger partial charge in [0.15, 0.2) is 0 Å². The molecule has 1 aliphatic rings. The van der Waals surface area contributed by atoms with Crippen LogP contribution < -0.4 is 5.73 Å². The van der Waals surface area contributed by atoms with Gasteiger partial charge in [-0.15, -0.1) is 0 Å². The van der Waals surface area contributed by atoms with Gasteiger partial charge in [-0.05, 0) is 54.5 Å². The molecule has 1 heterocycles. The number of benzene rings is 3. The highest BCUT2D eigenvalue weighted by Gasteiger charge is 2.41. The number of nitrogens with two attached hydrogens (primary N) is 1. The van der Waals surface area contributed by atoms with E-state index >= 15 is 0 Å². The van der Waals surface area contributed by atoms with Gasteiger partial charge in [-0.2, -0.15) is 0 Å². The Morgan fingerprint density at radius 2 is 1.38 bits per heavy atom. The highest BCUT2D eigenvalue weighted by molar-refractivity contribution is 5.90. The Labute approximate surface area is 189 Å². The van der Waals surface area contributed by atoms with Crippen molar-refractivity contribution in [2.45, 2.75) is 44.1 Å². The van der Waals surface area contributed by atoms with Crippen LogP contribution in [0.15, 0.2) is 96.3 Å². The fraction of sp³-hybridized carbons (Fsp3) is 0.250. The second kappa shape index (κ2) is 9.73. The topological polar surface area (TPSA) is 72.6 Å². The Balaban J connectivity index is 1.56. The minimum Gasteiger partial charge on any atom is -0.512 e. The van der Waals surface area contributed by atoms with Crippen LogP contribution in [0.4, 0.5) is 5.69 Å². The van der Waals surface area contributed by atoms with E-state index in [4.69, 9.17) is 10.5 Å². The van der Waals surface area contributed by atoms with Gasteiger partial charge in [0, 0.05) is 18.5 Å². The summed E-state index contributed by atoms with van der Waals surface area (Å²) in [6.45, 7) is 0. The van der Waals surface area contributed by atoms with Gasteiger partial charge in [-0.25, -0.2) is 4.79 Å². The van der Waals surface area contributed by atoms with Gasteiger partial charge in [0.05, 0.1) is 5.57 Å². The number of rotatable bonds is 8. The number of cyclic esters (lactones) is 1. The van der Waals surface area contributed by atoms with E-state index in [0.29, 0.717) is 36.9 Å². The van der Waals surface area contributed by atoms with Crippen molar-refractivity contribution in [3.8, 4) is 0 Å². The van der Waals surface area contributed by atoms with E-state index in [1.807, 2.05) is 54.6 Å². The van der Waals surface area contributed by atoms with Crippen molar-refractivity contribution in [1.82, 2.24) is 0 Å². The number of carbonyl (C=O) groups is 1. The fourth-order valence-electron chi connectivity index (χ4n) is 4.34. The number of esters is 1. The van der Waals surface area contributed by atoms with Crippen molar-refractivity contribution in [1.29, 1.82) is 0 Å². The van der Waals surface area contributed by atoms with Gasteiger partial charge in [0.25, 0.3) is 0 Å². The maximum absolute atomic E-state index is 13.1. The summed E-state index contributed by atoms with van der Waals surface area (Å²) in [5.74, 6) is -0.304. The van der Waals surface area contributed by atoms with Crippen LogP contribution in [0.5, 0.6) is 0 Å². The van der Waals surface area contributed by atoms with Crippen LogP contribution in [-0.2, 0) is 28.8 Å². The fourth-order valence-corrected chi connectivity index (χ4v) is 4.34. The Bertz CT molecular complexity index is 1050. The van der Waals surface area contributed by atoms with Crippen molar-refractivity contribution in [3.63, 3.8) is 0 Å². The molecule has 0 fully saturated rings. The zero-order valence-corrected chi connectivity index (χ0v) is 18.2. The predicted molar refractivity (Wildman–Crippen MR) is 127 cm³/mol. The first-order valence-corrected chi connectivity index (χ1v) is 11.1. The third-order valence-corrected chi connectivity index (χ3v) is 6.15. The van der Waals surface area contributed by atoms with Crippen LogP contribution >= 0.6 is 0 Å². The molecule has 4 rings (SSSR count). The molecule has 0 bridgehead atoms. The van der Waals surface area contributed by atoms with E-state index in [1.54, 1.807) is 6.07 Å². The molecule has 4 nitrogen and oxygen atoms in total. The van der Waals surface area contributed by atoms with Crippen molar-refractivity contribution in [2.24, 2.45) is 0 Å². The normalized spacial score (nSPS) is 15.4. The lowest BCUT2D eigenvalue weighted by Gasteiger charge is -2.37. The summed E-state index contributed by atoms with van der Waals surface area (Å²) in [6.07, 6.45) is 3.51. The molecule has 0 aromatic heterocycles. The third kappa shape index (κ3) is 5.38. The van der Waals surface area contributed by atoms with E-state index in [2.05, 4.69) is 24.3 Å². The molecule has 0 aliphatic carbocycles. The first-order valence-electron chi connectivity index (χ1n) is 11.1. The highest BCUT2D eigenvalue weighted by Crippen LogP contribution is 2.37. The Hall–Kier alpha value is -3.53. The maximum atomic E-state index is 13.1. The lowest BCUT2D eigenvalue weighted by Crippen LogP contribution is -2.41. The van der Waals surface area contributed by atoms with E-state index in [9.17, 15) is 9.90 Å². The molecule has 32 heavy (non-hydrogen) atoms. The number of nitrogen functional groups attached to an aromatic ring is 1. The number of ether oxygens (including phenoxy) is 1. The lowest BCUT2D eigenvalue weighted by molar-refractivity contribution is -0.160. The zero-order valence-electron chi connectivity index (χ0n) is 18.2. The molecule has 0 saturated carbocycles. The average Bonchev–Trinajstić information content (AvgIpc) is 2.80. The quantitative estimate of drug-likeness (QED) is 0.364. The summed E-state index contributed by atoms with van der Waals surface area (Å²) >= 11 is 0. The summed E-state index contributed by atoms with van der Waals surface area (Å²) in [7, 11) is 0. The van der Waals surface area contributed by atoms with Crippen LogP contribution in [0.25, 0.3) is 0 Å². The molecule has 0 amide bonds. The average molecular weight is 428 g/mol. The molecule has 0 unspecified atom stereocenters. The van der Waals surface area contributed by atoms with Crippen LogP contribution in [0, 0.1) is 0 Å². The van der Waals surface area contributed by atoms with Gasteiger partial charge >= 0.3 is 5.97 Å². The van der Waals surface area contributed by atoms with E-state index < -0.39 is 11.6 Å². The van der Waals surface area contributed by atoms with Crippen molar-refractivity contribution in [3.05, 3.63) is 113 Å². The lowest BCUT2D eigenvalue weighted by atomic mass is 9.82. The summed E-state index contributed by atoms with van der Waals surface area (Å²) in [4.78, 5) is 13.1. The smallest absolute Gasteiger partial charge is 0.338 e. The largest absolute Gasteiger partial charge is 0.512 e. The maximum Gasteiger partial charge on any atom is 0.338 e. The molecule has 0 atom stereocenters. The first kappa shape index (κ1) is 21.7. The van der Waals surface area contributed by atoms with Crippen molar-refractivity contribution >= 4 is 11.7 Å². The molecule has 0 spiro atoms. The molecule has 0 radical (unpaired) electrons. The molecular weight excluding hydrogens is 398 g/mol. The second-order valence-electron chi connectivity index (χ2n) is 8.57. The number of aliphatic hydroxyl groups excluding tert-OH is 1. The summed E-state index contributed by atoms with van der Waals surface area (Å²) in [6, 6.07) is 27.7. The second-order valence-corrected chi connectivity index (χ2v) is 8.57. The Kier molecular flexibility index (Phi) is 6.60. The minimum atomic E-state index is -0.730. The summed E-state index contributed by atoms with van der Waals surface area (Å²) in [5.41, 5.74) is 9.36. The Morgan fingerprint density at radius 1 is 0.812 bits per heavy atom. The molecule has 1 aliphatic heterocycles. The minimum absolute atomic E-state index is 0.129. The van der Waals surface area contributed by atoms with Gasteiger partial charge in [-0.1, -0.05) is 72.8 Å². The molecule has 4 heteroatoms. The number of aliphatic hydroxyl groups is 1. The molecule has 3 N–H and O–H groups in total. The molecular formula is C28H29NO3. The van der Waals surface area contributed by atoms with E-state index in [-0.39, 0.29) is 5.76 Å². The Morgan fingerprint density at radius 3 is 1.91 bits per heavy atom. The molecule has 3 aromatic rings. The van der Waals surface area contributed by atoms with Crippen LogP contribution in [-0.4, -0.2) is 16.7 Å². The van der Waals surface area contributed by atoms with Crippen molar-refractivity contribution in [2.75, 3.05) is 5.73 Å². The van der Waals surface area contributed by atoms with Crippen LogP contribution in [0.3, 0.4) is 0 Å². The number of anilines is 1. The van der Waals surface area contributed by atoms with Crippen molar-refractivity contribution < 1.29 is 14.6 Å². The molecule has 164 valence electrons. The molecule has 0 saturated heterocycles. The predicted octanol–water partition coefficient (Wildman–Crippen LogP) is 5.57. The van der Waals surface area contributed by atoms with Gasteiger partial charge in [0.2, 0.25) is 0 Å². The highest BCUT2D eigenvalue weighted by atomic mass is 16.6. The van der Waals surface area contributed by atoms with Gasteiger partial charge < -0.3 is 15.6 Å². The zero-order chi connectivity index (χ0) is 22.4. The summed E-state index contributed by atoms with van der Waals surface area (Å²) < 4.78 is 6.11.